The Labute approximate surface area is 151 Å². The first-order chi connectivity index (χ1) is 10.1. The number of hydrogen-bond donors (Lipinski definition) is 1. The van der Waals surface area contributed by atoms with Gasteiger partial charge in [-0.15, -0.1) is 0 Å². The molecule has 0 aromatic rings. The van der Waals surface area contributed by atoms with Gasteiger partial charge in [-0.3, -0.25) is 4.55 Å². The van der Waals surface area contributed by atoms with Crippen LogP contribution in [0, 0.1) is 0 Å². The summed E-state index contributed by atoms with van der Waals surface area (Å²) in [5.74, 6) is 0. The Kier molecular flexibility index (Phi) is 20.0. The van der Waals surface area contributed by atoms with Gasteiger partial charge in [0.2, 0.25) is 0 Å². The first-order valence-corrected chi connectivity index (χ1v) is 10.0. The molecule has 0 aliphatic heterocycles. The van der Waals surface area contributed by atoms with Crippen molar-refractivity contribution in [2.24, 2.45) is 0 Å². The van der Waals surface area contributed by atoms with Gasteiger partial charge in [0.15, 0.2) is 0 Å². The van der Waals surface area contributed by atoms with Crippen LogP contribution in [0.1, 0.15) is 98.2 Å². The molecule has 0 aromatic carbocycles. The van der Waals surface area contributed by atoms with E-state index in [9.17, 15) is 8.42 Å². The van der Waals surface area contributed by atoms with E-state index >= 15 is 0 Å². The van der Waals surface area contributed by atoms with E-state index in [4.69, 9.17) is 4.55 Å². The summed E-state index contributed by atoms with van der Waals surface area (Å²) < 4.78 is 33.2. The van der Waals surface area contributed by atoms with Crippen molar-refractivity contribution in [2.75, 3.05) is 6.61 Å². The largest absolute Gasteiger partial charge is 1.00 e. The SMILES string of the molecule is CCCCCCCCCCCCCCCCOS(=O)(=O)O.[H-].[Li+]. The summed E-state index contributed by atoms with van der Waals surface area (Å²) in [4.78, 5) is 0. The zero-order valence-corrected chi connectivity index (χ0v) is 15.5. The first kappa shape index (κ1) is 24.7. The predicted octanol–water partition coefficient (Wildman–Crippen LogP) is 2.40. The molecule has 0 amide bonds. The van der Waals surface area contributed by atoms with Crippen LogP contribution in [0.3, 0.4) is 0 Å². The average Bonchev–Trinajstić information content (AvgIpc) is 2.42. The molecule has 4 nitrogen and oxygen atoms in total. The molecule has 6 heteroatoms. The molecule has 0 aromatic heterocycles. The van der Waals surface area contributed by atoms with E-state index in [2.05, 4.69) is 11.1 Å². The first-order valence-electron chi connectivity index (χ1n) is 8.68. The van der Waals surface area contributed by atoms with Gasteiger partial charge >= 0.3 is 29.3 Å². The summed E-state index contributed by atoms with van der Waals surface area (Å²) in [5, 5.41) is 0. The van der Waals surface area contributed by atoms with E-state index in [0.29, 0.717) is 6.42 Å². The molecule has 0 fully saturated rings. The van der Waals surface area contributed by atoms with Gasteiger partial charge in [-0.1, -0.05) is 90.4 Å². The minimum absolute atomic E-state index is 0. The number of hydrogen-bond acceptors (Lipinski definition) is 3. The molecule has 0 saturated carbocycles. The second-order valence-corrected chi connectivity index (χ2v) is 6.94. The maximum atomic E-state index is 10.3. The fourth-order valence-electron chi connectivity index (χ4n) is 2.46. The molecule has 0 atom stereocenters. The summed E-state index contributed by atoms with van der Waals surface area (Å²) in [7, 11) is -4.24. The van der Waals surface area contributed by atoms with Crippen molar-refractivity contribution in [2.45, 2.75) is 96.8 Å². The van der Waals surface area contributed by atoms with Crippen molar-refractivity contribution in [1.29, 1.82) is 0 Å². The van der Waals surface area contributed by atoms with Crippen LogP contribution >= 0.6 is 0 Å². The monoisotopic (exact) mass is 330 g/mol. The molecular formula is C16H35LiO4S. The Morgan fingerprint density at radius 1 is 0.727 bits per heavy atom. The van der Waals surface area contributed by atoms with Crippen LogP contribution in [0.4, 0.5) is 0 Å². The van der Waals surface area contributed by atoms with Crippen molar-refractivity contribution in [3.8, 4) is 0 Å². The molecule has 130 valence electrons. The fraction of sp³-hybridized carbons (Fsp3) is 1.00. The van der Waals surface area contributed by atoms with Crippen LogP contribution < -0.4 is 18.9 Å². The van der Waals surface area contributed by atoms with Gasteiger partial charge < -0.3 is 1.43 Å². The molecular weight excluding hydrogens is 295 g/mol. The minimum atomic E-state index is -4.24. The van der Waals surface area contributed by atoms with Gasteiger partial charge in [0.25, 0.3) is 0 Å². The van der Waals surface area contributed by atoms with E-state index in [1.165, 1.54) is 70.6 Å². The third-order valence-corrected chi connectivity index (χ3v) is 4.19. The minimum Gasteiger partial charge on any atom is -1.00 e. The van der Waals surface area contributed by atoms with Crippen molar-refractivity contribution in [1.82, 2.24) is 0 Å². The second-order valence-electron chi connectivity index (χ2n) is 5.85. The van der Waals surface area contributed by atoms with Crippen LogP contribution in [0.5, 0.6) is 0 Å². The fourth-order valence-corrected chi connectivity index (χ4v) is 2.79. The van der Waals surface area contributed by atoms with Crippen LogP contribution in [-0.4, -0.2) is 19.6 Å². The Bertz CT molecular complexity index is 313. The van der Waals surface area contributed by atoms with Gasteiger partial charge in [0, 0.05) is 0 Å². The molecule has 0 unspecified atom stereocenters. The van der Waals surface area contributed by atoms with Gasteiger partial charge in [-0.25, -0.2) is 4.18 Å². The van der Waals surface area contributed by atoms with Crippen LogP contribution in [0.2, 0.25) is 0 Å². The molecule has 1 N–H and O–H groups in total. The smallest absolute Gasteiger partial charge is 1.00 e. The molecule has 0 aliphatic rings. The van der Waals surface area contributed by atoms with Crippen molar-refractivity contribution >= 4 is 10.4 Å². The molecule has 0 radical (unpaired) electrons. The van der Waals surface area contributed by atoms with Gasteiger partial charge in [0.1, 0.15) is 0 Å². The molecule has 0 spiro atoms. The number of rotatable bonds is 16. The van der Waals surface area contributed by atoms with Crippen LogP contribution in [0.15, 0.2) is 0 Å². The second kappa shape index (κ2) is 17.8. The predicted molar refractivity (Wildman–Crippen MR) is 88.9 cm³/mol. The Balaban J connectivity index is -0.00000200. The maximum absolute atomic E-state index is 10.3. The molecule has 0 saturated heterocycles. The van der Waals surface area contributed by atoms with Gasteiger partial charge in [-0.2, -0.15) is 8.42 Å². The van der Waals surface area contributed by atoms with E-state index in [1.807, 2.05) is 0 Å². The normalized spacial score (nSPS) is 11.4. The quantitative estimate of drug-likeness (QED) is 0.268. The summed E-state index contributed by atoms with van der Waals surface area (Å²) in [5.41, 5.74) is 0. The van der Waals surface area contributed by atoms with E-state index in [-0.39, 0.29) is 26.9 Å². The van der Waals surface area contributed by atoms with Crippen molar-refractivity contribution in [3.05, 3.63) is 0 Å². The number of unbranched alkanes of at least 4 members (excludes halogenated alkanes) is 13. The molecule has 0 aliphatic carbocycles. The van der Waals surface area contributed by atoms with E-state index in [0.717, 1.165) is 12.8 Å². The van der Waals surface area contributed by atoms with Crippen LogP contribution in [0.25, 0.3) is 0 Å². The Morgan fingerprint density at radius 3 is 1.36 bits per heavy atom. The van der Waals surface area contributed by atoms with Crippen molar-refractivity contribution < 1.29 is 37.4 Å². The zero-order valence-electron chi connectivity index (χ0n) is 15.7. The third kappa shape index (κ3) is 22.7. The topological polar surface area (TPSA) is 63.6 Å². The van der Waals surface area contributed by atoms with Crippen LogP contribution in [-0.2, 0) is 14.6 Å². The average molecular weight is 330 g/mol. The van der Waals surface area contributed by atoms with E-state index in [1.54, 1.807) is 0 Å². The Morgan fingerprint density at radius 2 is 1.05 bits per heavy atom. The maximum Gasteiger partial charge on any atom is 1.00 e. The third-order valence-electron chi connectivity index (χ3n) is 3.73. The summed E-state index contributed by atoms with van der Waals surface area (Å²) in [6.07, 6.45) is 17.6. The molecule has 0 heterocycles. The summed E-state index contributed by atoms with van der Waals surface area (Å²) in [6, 6.07) is 0. The summed E-state index contributed by atoms with van der Waals surface area (Å²) in [6.45, 7) is 2.35. The van der Waals surface area contributed by atoms with Gasteiger partial charge in [0.05, 0.1) is 6.61 Å². The summed E-state index contributed by atoms with van der Waals surface area (Å²) >= 11 is 0. The molecule has 0 bridgehead atoms. The zero-order chi connectivity index (χ0) is 15.8. The standard InChI is InChI=1S/C16H34O4S.Li.H/c1-2-3-4-5-6-7-8-9-10-11-12-13-14-15-16-20-21(17,18)19;;/h2-16H2,1H3,(H,17,18,19);;/q;+1;-1. The van der Waals surface area contributed by atoms with Crippen molar-refractivity contribution in [3.63, 3.8) is 0 Å². The molecule has 0 rings (SSSR count). The molecule has 22 heavy (non-hydrogen) atoms. The Hall–Kier alpha value is 0.467. The van der Waals surface area contributed by atoms with E-state index < -0.39 is 10.4 Å². The van der Waals surface area contributed by atoms with Gasteiger partial charge in [-0.05, 0) is 6.42 Å².